The molecule has 2 N–H and O–H groups in total. The van der Waals surface area contributed by atoms with Crippen molar-refractivity contribution in [1.82, 2.24) is 19.8 Å². The van der Waals surface area contributed by atoms with Gasteiger partial charge in [0.15, 0.2) is 11.6 Å². The maximum atomic E-state index is 14.7. The number of piperidine rings is 1. The summed E-state index contributed by atoms with van der Waals surface area (Å²) in [6, 6.07) is 4.16. The van der Waals surface area contributed by atoms with Crippen molar-refractivity contribution in [2.24, 2.45) is 0 Å². The number of unbranched alkanes of at least 4 members (excludes halogenated alkanes) is 2. The van der Waals surface area contributed by atoms with E-state index in [1.54, 1.807) is 6.07 Å². The predicted octanol–water partition coefficient (Wildman–Crippen LogP) is 6.75. The molecule has 2 aliphatic heterocycles. The van der Waals surface area contributed by atoms with Crippen molar-refractivity contribution in [2.45, 2.75) is 90.0 Å². The molecular formula is C30H45F4N7. The molecule has 2 saturated heterocycles. The van der Waals surface area contributed by atoms with Gasteiger partial charge in [-0.1, -0.05) is 19.8 Å². The minimum Gasteiger partial charge on any atom is -0.368 e. The molecule has 0 saturated carbocycles. The summed E-state index contributed by atoms with van der Waals surface area (Å²) in [4.78, 5) is 14.8. The number of halogens is 4. The maximum absolute atomic E-state index is 14.7. The lowest BCUT2D eigenvalue weighted by Crippen LogP contribution is -2.61. The predicted molar refractivity (Wildman–Crippen MR) is 157 cm³/mol. The summed E-state index contributed by atoms with van der Waals surface area (Å²) in [7, 11) is 2.10. The number of rotatable bonds is 9. The number of anilines is 4. The van der Waals surface area contributed by atoms with E-state index < -0.39 is 17.6 Å². The Balaban J connectivity index is 1.48. The Morgan fingerprint density at radius 2 is 1.66 bits per heavy atom. The number of alkyl halides is 3. The summed E-state index contributed by atoms with van der Waals surface area (Å²) in [5.41, 5.74) is -0.564. The highest BCUT2D eigenvalue weighted by molar-refractivity contribution is 5.65. The molecule has 2 fully saturated rings. The lowest BCUT2D eigenvalue weighted by molar-refractivity contribution is -0.137. The third-order valence-corrected chi connectivity index (χ3v) is 8.74. The average molecular weight is 580 g/mol. The van der Waals surface area contributed by atoms with Crippen LogP contribution in [0.4, 0.5) is 40.7 Å². The van der Waals surface area contributed by atoms with Gasteiger partial charge in [0.1, 0.15) is 0 Å². The zero-order valence-electron chi connectivity index (χ0n) is 25.2. The largest absolute Gasteiger partial charge is 0.418 e. The number of hydrogen-bond acceptors (Lipinski definition) is 7. The number of nitrogens with zero attached hydrogens (tertiary/aromatic N) is 5. The van der Waals surface area contributed by atoms with Crippen molar-refractivity contribution in [3.8, 4) is 0 Å². The van der Waals surface area contributed by atoms with Gasteiger partial charge in [-0.05, 0) is 78.7 Å². The van der Waals surface area contributed by atoms with E-state index in [9.17, 15) is 17.6 Å². The van der Waals surface area contributed by atoms with E-state index in [0.717, 1.165) is 64.0 Å². The van der Waals surface area contributed by atoms with Gasteiger partial charge >= 0.3 is 6.18 Å². The van der Waals surface area contributed by atoms with Crippen LogP contribution in [0.3, 0.4) is 0 Å². The summed E-state index contributed by atoms with van der Waals surface area (Å²) in [5, 5.41) is 6.09. The van der Waals surface area contributed by atoms with Crippen molar-refractivity contribution >= 4 is 23.1 Å². The van der Waals surface area contributed by atoms with E-state index in [-0.39, 0.29) is 40.3 Å². The second-order valence-electron chi connectivity index (χ2n) is 12.7. The molecule has 41 heavy (non-hydrogen) atoms. The Morgan fingerprint density at radius 3 is 2.27 bits per heavy atom. The molecule has 0 spiro atoms. The maximum Gasteiger partial charge on any atom is 0.418 e. The molecule has 7 nitrogen and oxygen atoms in total. The van der Waals surface area contributed by atoms with Crippen molar-refractivity contribution in [3.63, 3.8) is 0 Å². The van der Waals surface area contributed by atoms with Crippen molar-refractivity contribution in [3.05, 3.63) is 35.8 Å². The fourth-order valence-corrected chi connectivity index (χ4v) is 6.24. The third kappa shape index (κ3) is 7.60. The highest BCUT2D eigenvalue weighted by atomic mass is 19.4. The zero-order valence-corrected chi connectivity index (χ0v) is 25.2. The Kier molecular flexibility index (Phi) is 9.38. The minimum absolute atomic E-state index is 0.0296. The monoisotopic (exact) mass is 579 g/mol. The molecule has 4 rings (SSSR count). The summed E-state index contributed by atoms with van der Waals surface area (Å²) in [6.45, 7) is 14.3. The second kappa shape index (κ2) is 12.3. The summed E-state index contributed by atoms with van der Waals surface area (Å²) >= 11 is 0. The van der Waals surface area contributed by atoms with Crippen LogP contribution in [-0.4, -0.2) is 76.7 Å². The van der Waals surface area contributed by atoms with Crippen LogP contribution in [0.25, 0.3) is 0 Å². The highest BCUT2D eigenvalue weighted by Crippen LogP contribution is 2.40. The number of aromatic nitrogens is 2. The molecule has 0 bridgehead atoms. The Morgan fingerprint density at radius 1 is 1.00 bits per heavy atom. The van der Waals surface area contributed by atoms with Crippen LogP contribution in [0.15, 0.2) is 24.4 Å². The van der Waals surface area contributed by atoms with Gasteiger partial charge in [0.05, 0.1) is 11.8 Å². The highest BCUT2D eigenvalue weighted by Gasteiger charge is 2.43. The molecule has 0 radical (unpaired) electrons. The van der Waals surface area contributed by atoms with Gasteiger partial charge in [0.25, 0.3) is 0 Å². The van der Waals surface area contributed by atoms with Crippen molar-refractivity contribution in [1.29, 1.82) is 0 Å². The first kappa shape index (κ1) is 31.3. The number of likely N-dealkylation sites (tertiary alicyclic amines) is 1. The van der Waals surface area contributed by atoms with Crippen LogP contribution in [0.1, 0.15) is 72.3 Å². The number of piperazine rings is 1. The van der Waals surface area contributed by atoms with E-state index in [4.69, 9.17) is 0 Å². The molecule has 11 heteroatoms. The van der Waals surface area contributed by atoms with E-state index in [1.165, 1.54) is 6.07 Å². The molecule has 228 valence electrons. The molecule has 3 heterocycles. The fourth-order valence-electron chi connectivity index (χ4n) is 6.24. The van der Waals surface area contributed by atoms with Gasteiger partial charge in [-0.25, -0.2) is 9.37 Å². The van der Waals surface area contributed by atoms with Crippen LogP contribution in [0.2, 0.25) is 0 Å². The first-order valence-corrected chi connectivity index (χ1v) is 14.7. The lowest BCUT2D eigenvalue weighted by atomic mass is 9.77. The van der Waals surface area contributed by atoms with E-state index in [0.29, 0.717) is 13.1 Å². The minimum atomic E-state index is -4.53. The van der Waals surface area contributed by atoms with Gasteiger partial charge in [0.2, 0.25) is 5.95 Å². The van der Waals surface area contributed by atoms with Crippen molar-refractivity contribution < 1.29 is 17.6 Å². The molecule has 2 aliphatic rings. The second-order valence-corrected chi connectivity index (χ2v) is 12.7. The first-order chi connectivity index (χ1) is 19.2. The molecule has 0 amide bonds. The van der Waals surface area contributed by atoms with Crippen LogP contribution in [0.5, 0.6) is 0 Å². The quantitative estimate of drug-likeness (QED) is 0.252. The molecule has 1 aromatic carbocycles. The van der Waals surface area contributed by atoms with Crippen LogP contribution < -0.4 is 15.5 Å². The smallest absolute Gasteiger partial charge is 0.368 e. The summed E-state index contributed by atoms with van der Waals surface area (Å²) < 4.78 is 57.3. The molecule has 0 aliphatic carbocycles. The third-order valence-electron chi connectivity index (χ3n) is 8.74. The Labute approximate surface area is 241 Å². The van der Waals surface area contributed by atoms with Gasteiger partial charge in [-0.3, -0.25) is 9.80 Å². The van der Waals surface area contributed by atoms with Crippen molar-refractivity contribution in [2.75, 3.05) is 55.3 Å². The van der Waals surface area contributed by atoms with Crippen LogP contribution in [-0.2, 0) is 6.18 Å². The fraction of sp³-hybridized carbons (Fsp3) is 0.667. The Hall–Kier alpha value is -2.66. The van der Waals surface area contributed by atoms with E-state index in [1.807, 2.05) is 4.90 Å². The van der Waals surface area contributed by atoms with Gasteiger partial charge in [-0.2, -0.15) is 18.2 Å². The molecule has 0 atom stereocenters. The van der Waals surface area contributed by atoms with Crippen LogP contribution >= 0.6 is 0 Å². The summed E-state index contributed by atoms with van der Waals surface area (Å²) in [6.07, 6.45) is 1.49. The molecule has 2 aromatic rings. The standard InChI is InChI=1S/C30H45F4N7/c1-7-8-9-12-40-13-15-41(16-14-40)25-11-10-21(17-23(25)30(32,33)34)37-27-35-20-24(31)26(38-27)36-22-18-28(2,3)39(6)29(4,5)19-22/h10-11,17,20,22H,7-9,12-16,18-19H2,1-6H3,(H2,35,36,37,38). The van der Waals surface area contributed by atoms with E-state index >= 15 is 0 Å². The number of nitrogens with one attached hydrogen (secondary N) is 2. The van der Waals surface area contributed by atoms with Gasteiger partial charge in [0, 0.05) is 54.7 Å². The number of hydrogen-bond donors (Lipinski definition) is 2. The zero-order chi connectivity index (χ0) is 30.0. The molecule has 0 unspecified atom stereocenters. The molecular weight excluding hydrogens is 534 g/mol. The lowest BCUT2D eigenvalue weighted by Gasteiger charge is -2.53. The summed E-state index contributed by atoms with van der Waals surface area (Å²) in [5.74, 6) is -0.541. The van der Waals surface area contributed by atoms with E-state index in [2.05, 4.69) is 72.1 Å². The normalized spacial score (nSPS) is 20.3. The van der Waals surface area contributed by atoms with Gasteiger partial charge < -0.3 is 15.5 Å². The molecule has 1 aromatic heterocycles. The number of benzene rings is 1. The SMILES string of the molecule is CCCCCN1CCN(c2ccc(Nc3ncc(F)c(NC4CC(C)(C)N(C)C(C)(C)C4)n3)cc2C(F)(F)F)CC1. The first-order valence-electron chi connectivity index (χ1n) is 14.7. The average Bonchev–Trinajstić information content (AvgIpc) is 2.89. The Bertz CT molecular complexity index is 1160. The van der Waals surface area contributed by atoms with Gasteiger partial charge in [-0.15, -0.1) is 0 Å². The topological polar surface area (TPSA) is 59.6 Å². The van der Waals surface area contributed by atoms with Crippen LogP contribution in [0, 0.1) is 5.82 Å².